The molecule has 0 amide bonds. The van der Waals surface area contributed by atoms with E-state index in [2.05, 4.69) is 0 Å². The second-order valence-corrected chi connectivity index (χ2v) is 3.90. The molecule has 0 spiro atoms. The van der Waals surface area contributed by atoms with Gasteiger partial charge in [0.25, 0.3) is 0 Å². The summed E-state index contributed by atoms with van der Waals surface area (Å²) in [5, 5.41) is 0.617. The fraction of sp³-hybridized carbons (Fsp3) is 0. The maximum Gasteiger partial charge on any atom is 0.149 e. The van der Waals surface area contributed by atoms with Crippen LogP contribution >= 0.6 is 23.2 Å². The van der Waals surface area contributed by atoms with Crippen molar-refractivity contribution >= 4 is 23.2 Å². The number of halogens is 3. The molecule has 2 aromatic rings. The van der Waals surface area contributed by atoms with E-state index in [0.717, 1.165) is 0 Å². The average Bonchev–Trinajstić information content (AvgIpc) is 2.23. The van der Waals surface area contributed by atoms with Gasteiger partial charge in [-0.25, -0.2) is 4.39 Å². The van der Waals surface area contributed by atoms with Gasteiger partial charge in [-0.15, -0.1) is 0 Å². The van der Waals surface area contributed by atoms with Crippen molar-refractivity contribution in [1.82, 2.24) is 0 Å². The van der Waals surface area contributed by atoms with E-state index in [1.54, 1.807) is 30.3 Å². The highest BCUT2D eigenvalue weighted by molar-refractivity contribution is 6.33. The van der Waals surface area contributed by atoms with E-state index in [1.807, 2.05) is 6.07 Å². The summed E-state index contributed by atoms with van der Waals surface area (Å²) < 4.78 is 13.7. The Morgan fingerprint density at radius 2 is 1.33 bits per heavy atom. The van der Waals surface area contributed by atoms with E-state index in [9.17, 15) is 4.39 Å². The first-order valence-electron chi connectivity index (χ1n) is 4.39. The third-order valence-corrected chi connectivity index (χ3v) is 2.74. The molecule has 0 aromatic heterocycles. The highest BCUT2D eigenvalue weighted by atomic mass is 35.5. The molecule has 2 rings (SSSR count). The zero-order valence-electron chi connectivity index (χ0n) is 7.68. The van der Waals surface area contributed by atoms with E-state index >= 15 is 0 Å². The molecule has 0 bridgehead atoms. The molecule has 0 aliphatic heterocycles. The zero-order valence-corrected chi connectivity index (χ0v) is 9.19. The minimum absolute atomic E-state index is 0.104. The Hall–Kier alpha value is -1.05. The Morgan fingerprint density at radius 3 is 2.07 bits per heavy atom. The third-order valence-electron chi connectivity index (χ3n) is 2.12. The van der Waals surface area contributed by atoms with Crippen molar-refractivity contribution in [3.63, 3.8) is 0 Å². The molecule has 0 heterocycles. The van der Waals surface area contributed by atoms with Gasteiger partial charge in [0.15, 0.2) is 0 Å². The summed E-state index contributed by atoms with van der Waals surface area (Å²) in [7, 11) is 0. The van der Waals surface area contributed by atoms with Crippen molar-refractivity contribution in [3.8, 4) is 11.1 Å². The second-order valence-electron chi connectivity index (χ2n) is 3.08. The van der Waals surface area contributed by atoms with Crippen molar-refractivity contribution in [2.24, 2.45) is 0 Å². The van der Waals surface area contributed by atoms with Crippen LogP contribution in [0.1, 0.15) is 0 Å². The maximum absolute atomic E-state index is 13.7. The lowest BCUT2D eigenvalue weighted by molar-refractivity contribution is 0.632. The molecule has 0 fully saturated rings. The molecule has 0 saturated carbocycles. The van der Waals surface area contributed by atoms with Gasteiger partial charge < -0.3 is 0 Å². The number of benzene rings is 2. The van der Waals surface area contributed by atoms with Gasteiger partial charge in [-0.3, -0.25) is 0 Å². The van der Waals surface area contributed by atoms with E-state index in [-0.39, 0.29) is 5.02 Å². The molecule has 0 aliphatic carbocycles. The number of hydrogen-bond donors (Lipinski definition) is 0. The maximum atomic E-state index is 13.7. The Balaban J connectivity index is 2.65. The van der Waals surface area contributed by atoms with Crippen LogP contribution in [0.25, 0.3) is 11.1 Å². The molecule has 0 atom stereocenters. The molecule has 0 N–H and O–H groups in total. The highest BCUT2D eigenvalue weighted by Gasteiger charge is 2.10. The molecule has 0 radical (unpaired) electrons. The molecule has 3 heteroatoms. The van der Waals surface area contributed by atoms with E-state index in [0.29, 0.717) is 16.1 Å². The summed E-state index contributed by atoms with van der Waals surface area (Å²) in [5.41, 5.74) is 1.08. The average molecular weight is 241 g/mol. The number of rotatable bonds is 1. The standard InChI is InChI=1S/C12H7Cl2F/c13-10-6-2-1-4-8(10)9-5-3-7-11(14)12(9)15/h1-7H. The van der Waals surface area contributed by atoms with E-state index < -0.39 is 5.82 Å². The molecular weight excluding hydrogens is 234 g/mol. The van der Waals surface area contributed by atoms with Gasteiger partial charge in [0.1, 0.15) is 5.82 Å². The van der Waals surface area contributed by atoms with Crippen LogP contribution in [0.15, 0.2) is 42.5 Å². The Morgan fingerprint density at radius 1 is 0.733 bits per heavy atom. The van der Waals surface area contributed by atoms with Gasteiger partial charge in [-0.1, -0.05) is 53.5 Å². The normalized spacial score (nSPS) is 10.3. The molecule has 76 valence electrons. The van der Waals surface area contributed by atoms with Crippen molar-refractivity contribution in [3.05, 3.63) is 58.3 Å². The lowest BCUT2D eigenvalue weighted by atomic mass is 10.1. The van der Waals surface area contributed by atoms with Crippen LogP contribution in [0.3, 0.4) is 0 Å². The van der Waals surface area contributed by atoms with Crippen LogP contribution in [0.2, 0.25) is 10.0 Å². The van der Waals surface area contributed by atoms with Crippen molar-refractivity contribution in [1.29, 1.82) is 0 Å². The fourth-order valence-corrected chi connectivity index (χ4v) is 1.80. The SMILES string of the molecule is Fc1c(Cl)cccc1-c1ccccc1Cl. The van der Waals surface area contributed by atoms with Crippen LogP contribution in [-0.2, 0) is 0 Å². The van der Waals surface area contributed by atoms with Gasteiger partial charge in [-0.05, 0) is 12.1 Å². The Kier molecular flexibility index (Phi) is 2.94. The monoisotopic (exact) mass is 240 g/mol. The summed E-state index contributed by atoms with van der Waals surface area (Å²) in [4.78, 5) is 0. The second kappa shape index (κ2) is 4.21. The van der Waals surface area contributed by atoms with E-state index in [1.165, 1.54) is 6.07 Å². The summed E-state index contributed by atoms with van der Waals surface area (Å²) in [5.74, 6) is -0.438. The first-order valence-corrected chi connectivity index (χ1v) is 5.14. The van der Waals surface area contributed by atoms with Gasteiger partial charge in [0, 0.05) is 16.1 Å². The fourth-order valence-electron chi connectivity index (χ4n) is 1.39. The van der Waals surface area contributed by atoms with Crippen LogP contribution in [0.5, 0.6) is 0 Å². The Bertz CT molecular complexity index is 495. The van der Waals surface area contributed by atoms with Crippen molar-refractivity contribution in [2.75, 3.05) is 0 Å². The number of hydrogen-bond acceptors (Lipinski definition) is 0. The van der Waals surface area contributed by atoms with Gasteiger partial charge in [-0.2, -0.15) is 0 Å². The highest BCUT2D eigenvalue weighted by Crippen LogP contribution is 2.32. The van der Waals surface area contributed by atoms with Crippen LogP contribution in [0, 0.1) is 5.82 Å². The lowest BCUT2D eigenvalue weighted by Gasteiger charge is -2.06. The van der Waals surface area contributed by atoms with Crippen LogP contribution in [-0.4, -0.2) is 0 Å². The quantitative estimate of drug-likeness (QED) is 0.672. The lowest BCUT2D eigenvalue weighted by Crippen LogP contribution is -1.85. The molecule has 0 unspecified atom stereocenters. The smallest absolute Gasteiger partial charge is 0.149 e. The molecule has 0 saturated heterocycles. The van der Waals surface area contributed by atoms with E-state index in [4.69, 9.17) is 23.2 Å². The van der Waals surface area contributed by atoms with Gasteiger partial charge in [0.2, 0.25) is 0 Å². The molecule has 2 aromatic carbocycles. The van der Waals surface area contributed by atoms with Crippen molar-refractivity contribution < 1.29 is 4.39 Å². The summed E-state index contributed by atoms with van der Waals surface area (Å²) in [6.45, 7) is 0. The summed E-state index contributed by atoms with van der Waals surface area (Å²) in [6.07, 6.45) is 0. The first kappa shape index (κ1) is 10.5. The predicted molar refractivity (Wildman–Crippen MR) is 61.9 cm³/mol. The largest absolute Gasteiger partial charge is 0.205 e. The van der Waals surface area contributed by atoms with Gasteiger partial charge >= 0.3 is 0 Å². The molecule has 0 aliphatic rings. The summed E-state index contributed by atoms with van der Waals surface area (Å²) in [6, 6.07) is 12.0. The van der Waals surface area contributed by atoms with Crippen LogP contribution in [0.4, 0.5) is 4.39 Å². The third kappa shape index (κ3) is 1.99. The van der Waals surface area contributed by atoms with Gasteiger partial charge in [0.05, 0.1) is 5.02 Å². The van der Waals surface area contributed by atoms with Crippen molar-refractivity contribution in [2.45, 2.75) is 0 Å². The minimum Gasteiger partial charge on any atom is -0.205 e. The van der Waals surface area contributed by atoms with Crippen LogP contribution < -0.4 is 0 Å². The Labute approximate surface area is 97.3 Å². The minimum atomic E-state index is -0.438. The predicted octanol–water partition coefficient (Wildman–Crippen LogP) is 4.80. The summed E-state index contributed by atoms with van der Waals surface area (Å²) >= 11 is 11.7. The molecule has 15 heavy (non-hydrogen) atoms. The topological polar surface area (TPSA) is 0 Å². The first-order chi connectivity index (χ1) is 7.20. The molecular formula is C12H7Cl2F. The zero-order chi connectivity index (χ0) is 10.8. The molecule has 0 nitrogen and oxygen atoms in total.